The van der Waals surface area contributed by atoms with Gasteiger partial charge in [-0.2, -0.15) is 10.1 Å². The molecule has 0 radical (unpaired) electrons. The zero-order valence-corrected chi connectivity index (χ0v) is 18.1. The molecule has 3 rings (SSSR count). The smallest absolute Gasteiger partial charge is 0.337 e. The van der Waals surface area contributed by atoms with E-state index in [1.54, 1.807) is 40.4 Å². The molecule has 0 bridgehead atoms. The summed E-state index contributed by atoms with van der Waals surface area (Å²) in [6, 6.07) is 6.59. The fourth-order valence-electron chi connectivity index (χ4n) is 2.96. The summed E-state index contributed by atoms with van der Waals surface area (Å²) >= 11 is 1.19. The number of hydrogen-bond donors (Lipinski definition) is 0. The second-order valence-corrected chi connectivity index (χ2v) is 7.86. The molecule has 0 N–H and O–H groups in total. The van der Waals surface area contributed by atoms with Crippen molar-refractivity contribution in [2.75, 3.05) is 14.2 Å². The molecule has 1 amide bonds. The van der Waals surface area contributed by atoms with Crippen LogP contribution in [0.5, 0.6) is 0 Å². The number of thiazole rings is 1. The predicted molar refractivity (Wildman–Crippen MR) is 110 cm³/mol. The Morgan fingerprint density at radius 1 is 1.17 bits per heavy atom. The molecule has 30 heavy (non-hydrogen) atoms. The van der Waals surface area contributed by atoms with Crippen molar-refractivity contribution in [3.05, 3.63) is 46.0 Å². The van der Waals surface area contributed by atoms with Gasteiger partial charge >= 0.3 is 11.9 Å². The van der Waals surface area contributed by atoms with Gasteiger partial charge in [0, 0.05) is 6.04 Å². The zero-order chi connectivity index (χ0) is 22.0. The largest absolute Gasteiger partial charge is 0.468 e. The van der Waals surface area contributed by atoms with Gasteiger partial charge in [0.15, 0.2) is 4.80 Å². The zero-order valence-electron chi connectivity index (χ0n) is 17.3. The van der Waals surface area contributed by atoms with Crippen molar-refractivity contribution in [2.45, 2.75) is 33.4 Å². The molecule has 0 aliphatic rings. The molecule has 2 aromatic heterocycles. The molecule has 1 aromatic carbocycles. The lowest BCUT2D eigenvalue weighted by Gasteiger charge is -2.08. The minimum absolute atomic E-state index is 0.0138. The van der Waals surface area contributed by atoms with Crippen molar-refractivity contribution in [1.29, 1.82) is 0 Å². The van der Waals surface area contributed by atoms with Crippen LogP contribution in [0.15, 0.2) is 29.3 Å². The Balaban J connectivity index is 2.17. The third kappa shape index (κ3) is 4.18. The lowest BCUT2D eigenvalue weighted by Crippen LogP contribution is -2.23. The van der Waals surface area contributed by atoms with E-state index in [4.69, 9.17) is 9.47 Å². The first kappa shape index (κ1) is 21.4. The molecule has 0 aliphatic carbocycles. The normalized spacial score (nSPS) is 11.9. The number of carbonyl (C=O) groups is 3. The van der Waals surface area contributed by atoms with E-state index in [0.29, 0.717) is 32.0 Å². The van der Waals surface area contributed by atoms with Gasteiger partial charge in [-0.3, -0.25) is 14.3 Å². The molecular formula is C20H22N4O5S. The van der Waals surface area contributed by atoms with E-state index >= 15 is 0 Å². The second-order valence-electron chi connectivity index (χ2n) is 6.85. The minimum Gasteiger partial charge on any atom is -0.468 e. The van der Waals surface area contributed by atoms with Gasteiger partial charge in [-0.1, -0.05) is 11.3 Å². The molecule has 0 fully saturated rings. The number of aryl methyl sites for hydroxylation is 1. The van der Waals surface area contributed by atoms with Gasteiger partial charge in [0.25, 0.3) is 5.91 Å². The molecule has 3 aromatic rings. The van der Waals surface area contributed by atoms with E-state index in [2.05, 4.69) is 10.1 Å². The highest BCUT2D eigenvalue weighted by Gasteiger charge is 2.18. The summed E-state index contributed by atoms with van der Waals surface area (Å²) < 4.78 is 13.4. The molecule has 10 heteroatoms. The Labute approximate surface area is 176 Å². The van der Waals surface area contributed by atoms with E-state index in [0.717, 1.165) is 0 Å². The number of fused-ring (bicyclic) bond motifs is 1. The summed E-state index contributed by atoms with van der Waals surface area (Å²) in [7, 11) is 2.59. The average Bonchev–Trinajstić information content (AvgIpc) is 3.27. The molecule has 9 nitrogen and oxygen atoms in total. The average molecular weight is 430 g/mol. The molecule has 2 heterocycles. The maximum absolute atomic E-state index is 12.9. The van der Waals surface area contributed by atoms with Crippen molar-refractivity contribution in [3.63, 3.8) is 0 Å². The monoisotopic (exact) mass is 430 g/mol. The fraction of sp³-hybridized carbons (Fsp3) is 0.350. The highest BCUT2D eigenvalue weighted by atomic mass is 32.1. The van der Waals surface area contributed by atoms with Gasteiger partial charge in [0.05, 0.1) is 35.7 Å². The number of rotatable bonds is 5. The molecule has 0 aliphatic heterocycles. The van der Waals surface area contributed by atoms with Gasteiger partial charge in [-0.25, -0.2) is 4.79 Å². The van der Waals surface area contributed by atoms with Crippen LogP contribution in [-0.4, -0.2) is 46.4 Å². The summed E-state index contributed by atoms with van der Waals surface area (Å²) in [5, 5.41) is 4.35. The van der Waals surface area contributed by atoms with Crippen LogP contribution in [0.25, 0.3) is 10.2 Å². The van der Waals surface area contributed by atoms with Crippen LogP contribution >= 0.6 is 11.3 Å². The summed E-state index contributed by atoms with van der Waals surface area (Å²) in [4.78, 5) is 41.3. The van der Waals surface area contributed by atoms with Crippen LogP contribution in [0.3, 0.4) is 0 Å². The summed E-state index contributed by atoms with van der Waals surface area (Å²) in [6.07, 6.45) is 0. The molecule has 0 atom stereocenters. The standard InChI is InChI=1S/C20H22N4O5S/c1-11(2)24-15(8-12(3)22-24)18(26)21-20-23(10-17(25)28-4)14-7-6-13(19(27)29-5)9-16(14)30-20/h6-9,11H,10H2,1-5H3. The van der Waals surface area contributed by atoms with Crippen LogP contribution < -0.4 is 4.80 Å². The topological polar surface area (TPSA) is 105 Å². The van der Waals surface area contributed by atoms with E-state index in [-0.39, 0.29) is 12.6 Å². The Morgan fingerprint density at radius 2 is 1.90 bits per heavy atom. The van der Waals surface area contributed by atoms with E-state index < -0.39 is 17.8 Å². The van der Waals surface area contributed by atoms with Crippen molar-refractivity contribution in [1.82, 2.24) is 14.3 Å². The third-order valence-electron chi connectivity index (χ3n) is 4.38. The summed E-state index contributed by atoms with van der Waals surface area (Å²) in [5.74, 6) is -1.43. The van der Waals surface area contributed by atoms with Gasteiger partial charge in [-0.05, 0) is 45.0 Å². The van der Waals surface area contributed by atoms with Gasteiger partial charge in [0.2, 0.25) is 0 Å². The van der Waals surface area contributed by atoms with Crippen molar-refractivity contribution in [2.24, 2.45) is 4.99 Å². The number of hydrogen-bond acceptors (Lipinski definition) is 7. The first-order chi connectivity index (χ1) is 14.2. The maximum atomic E-state index is 12.9. The van der Waals surface area contributed by atoms with Crippen molar-refractivity contribution < 1.29 is 23.9 Å². The quantitative estimate of drug-likeness (QED) is 0.576. The highest BCUT2D eigenvalue weighted by molar-refractivity contribution is 7.16. The van der Waals surface area contributed by atoms with Crippen LogP contribution in [0.4, 0.5) is 0 Å². The van der Waals surface area contributed by atoms with Gasteiger partial charge in [-0.15, -0.1) is 0 Å². The van der Waals surface area contributed by atoms with E-state index in [9.17, 15) is 14.4 Å². The lowest BCUT2D eigenvalue weighted by molar-refractivity contribution is -0.141. The van der Waals surface area contributed by atoms with Crippen molar-refractivity contribution in [3.8, 4) is 0 Å². The number of methoxy groups -OCH3 is 2. The Hall–Kier alpha value is -3.27. The number of ether oxygens (including phenoxy) is 2. The molecule has 0 saturated carbocycles. The third-order valence-corrected chi connectivity index (χ3v) is 5.42. The molecule has 0 saturated heterocycles. The number of amides is 1. The Kier molecular flexibility index (Phi) is 6.16. The van der Waals surface area contributed by atoms with E-state index in [1.807, 2.05) is 13.8 Å². The Bertz CT molecular complexity index is 1200. The number of esters is 2. The van der Waals surface area contributed by atoms with Gasteiger partial charge < -0.3 is 14.0 Å². The number of aromatic nitrogens is 3. The van der Waals surface area contributed by atoms with Gasteiger partial charge in [0.1, 0.15) is 12.2 Å². The number of carbonyl (C=O) groups excluding carboxylic acids is 3. The van der Waals surface area contributed by atoms with Crippen LogP contribution in [0.2, 0.25) is 0 Å². The second kappa shape index (κ2) is 8.62. The fourth-order valence-corrected chi connectivity index (χ4v) is 4.03. The Morgan fingerprint density at radius 3 is 2.53 bits per heavy atom. The number of nitrogens with zero attached hydrogens (tertiary/aromatic N) is 4. The first-order valence-electron chi connectivity index (χ1n) is 9.19. The molecule has 0 unspecified atom stereocenters. The number of benzene rings is 1. The molecular weight excluding hydrogens is 408 g/mol. The molecule has 158 valence electrons. The molecule has 0 spiro atoms. The van der Waals surface area contributed by atoms with Crippen LogP contribution in [-0.2, 0) is 20.8 Å². The van der Waals surface area contributed by atoms with Crippen LogP contribution in [0.1, 0.15) is 46.4 Å². The van der Waals surface area contributed by atoms with Crippen molar-refractivity contribution >= 4 is 39.4 Å². The minimum atomic E-state index is -0.483. The summed E-state index contributed by atoms with van der Waals surface area (Å²) in [6.45, 7) is 5.53. The lowest BCUT2D eigenvalue weighted by atomic mass is 10.2. The first-order valence-corrected chi connectivity index (χ1v) is 10.0. The van der Waals surface area contributed by atoms with E-state index in [1.165, 1.54) is 25.6 Å². The van der Waals surface area contributed by atoms with Crippen LogP contribution in [0, 0.1) is 6.92 Å². The predicted octanol–water partition coefficient (Wildman–Crippen LogP) is 2.49. The summed E-state index contributed by atoms with van der Waals surface area (Å²) in [5.41, 5.74) is 2.09. The highest BCUT2D eigenvalue weighted by Crippen LogP contribution is 2.20. The maximum Gasteiger partial charge on any atom is 0.337 e. The SMILES string of the molecule is COC(=O)Cn1c(=NC(=O)c2cc(C)nn2C(C)C)sc2cc(C(=O)OC)ccc21.